The molecule has 0 saturated heterocycles. The second-order valence-corrected chi connectivity index (χ2v) is 7.79. The van der Waals surface area contributed by atoms with Crippen LogP contribution in [-0.2, 0) is 4.74 Å². The van der Waals surface area contributed by atoms with Crippen molar-refractivity contribution < 1.29 is 13.5 Å². The van der Waals surface area contributed by atoms with Crippen LogP contribution in [-0.4, -0.2) is 7.11 Å². The first kappa shape index (κ1) is 20.9. The lowest BCUT2D eigenvalue weighted by Gasteiger charge is -2.27. The summed E-state index contributed by atoms with van der Waals surface area (Å²) in [6.07, 6.45) is 14.3. The molecule has 0 spiro atoms. The van der Waals surface area contributed by atoms with Crippen molar-refractivity contribution in [1.29, 1.82) is 0 Å². The summed E-state index contributed by atoms with van der Waals surface area (Å²) in [5.74, 6) is -0.184. The molecule has 0 unspecified atom stereocenters. The maximum atomic E-state index is 15.0. The van der Waals surface area contributed by atoms with E-state index in [1.165, 1.54) is 5.57 Å². The molecular weight excluding hydrogens is 330 g/mol. The Bertz CT molecular complexity index is 541. The molecule has 0 N–H and O–H groups in total. The summed E-state index contributed by atoms with van der Waals surface area (Å²) >= 11 is 0. The Morgan fingerprint density at radius 1 is 1.12 bits per heavy atom. The van der Waals surface area contributed by atoms with Gasteiger partial charge < -0.3 is 4.74 Å². The van der Waals surface area contributed by atoms with Gasteiger partial charge in [-0.05, 0) is 86.7 Å². The van der Waals surface area contributed by atoms with Crippen LogP contribution in [0.4, 0.5) is 8.78 Å². The van der Waals surface area contributed by atoms with Crippen LogP contribution in [0.5, 0.6) is 0 Å². The molecule has 1 nitrogen and oxygen atoms in total. The quantitative estimate of drug-likeness (QED) is 0.257. The van der Waals surface area contributed by atoms with Crippen LogP contribution in [0.2, 0.25) is 0 Å². The summed E-state index contributed by atoms with van der Waals surface area (Å²) in [6.45, 7) is 5.84. The molecule has 2 aliphatic carbocycles. The van der Waals surface area contributed by atoms with Crippen molar-refractivity contribution >= 4 is 0 Å². The third-order valence-electron chi connectivity index (χ3n) is 5.96. The van der Waals surface area contributed by atoms with E-state index in [-0.39, 0.29) is 18.3 Å². The first-order chi connectivity index (χ1) is 12.6. The smallest absolute Gasteiger partial charge is 0.157 e. The molecule has 2 saturated carbocycles. The largest absolute Gasteiger partial charge is 0.504 e. The van der Waals surface area contributed by atoms with E-state index in [2.05, 4.69) is 6.58 Å². The summed E-state index contributed by atoms with van der Waals surface area (Å²) in [7, 11) is 1.65. The summed E-state index contributed by atoms with van der Waals surface area (Å²) in [5.41, 5.74) is 1.87. The van der Waals surface area contributed by atoms with E-state index in [4.69, 9.17) is 4.74 Å². The number of allylic oxidation sites excluding steroid dienone is 6. The highest BCUT2D eigenvalue weighted by Gasteiger charge is 2.27. The lowest BCUT2D eigenvalue weighted by atomic mass is 9.79. The van der Waals surface area contributed by atoms with Crippen LogP contribution < -0.4 is 0 Å². The molecule has 0 amide bonds. The number of hydrogen-bond donors (Lipinski definition) is 0. The molecule has 2 rings (SSSR count). The van der Waals surface area contributed by atoms with Crippen molar-refractivity contribution in [3.63, 3.8) is 0 Å². The van der Waals surface area contributed by atoms with Crippen LogP contribution in [0.3, 0.4) is 0 Å². The summed E-state index contributed by atoms with van der Waals surface area (Å²) < 4.78 is 34.7. The molecule has 0 aromatic rings. The molecule has 0 bridgehead atoms. The van der Waals surface area contributed by atoms with E-state index >= 15 is 0 Å². The third-order valence-corrected chi connectivity index (χ3v) is 5.96. The Morgan fingerprint density at radius 2 is 1.77 bits per heavy atom. The van der Waals surface area contributed by atoms with Crippen molar-refractivity contribution in [2.24, 2.45) is 17.8 Å². The van der Waals surface area contributed by atoms with E-state index in [1.807, 2.05) is 19.1 Å². The Balaban J connectivity index is 2.01. The van der Waals surface area contributed by atoms with Gasteiger partial charge in [0, 0.05) is 6.42 Å². The van der Waals surface area contributed by atoms with E-state index < -0.39 is 11.7 Å². The monoisotopic (exact) mass is 364 g/mol. The third kappa shape index (κ3) is 5.82. The fraction of sp³-hybridized carbons (Fsp3) is 0.652. The lowest BCUT2D eigenvalue weighted by molar-refractivity contribution is 0.291. The molecule has 0 aliphatic heterocycles. The minimum Gasteiger partial charge on any atom is -0.504 e. The van der Waals surface area contributed by atoms with E-state index in [1.54, 1.807) is 13.4 Å². The highest BCUT2D eigenvalue weighted by atomic mass is 19.2. The molecule has 146 valence electrons. The summed E-state index contributed by atoms with van der Waals surface area (Å²) in [4.78, 5) is 0. The number of halogens is 2. The minimum absolute atomic E-state index is 0.117. The molecule has 0 aromatic carbocycles. The van der Waals surface area contributed by atoms with Crippen molar-refractivity contribution in [2.45, 2.75) is 71.1 Å². The van der Waals surface area contributed by atoms with Gasteiger partial charge >= 0.3 is 0 Å². The first-order valence-corrected chi connectivity index (χ1v) is 10.2. The average molecular weight is 365 g/mol. The second-order valence-electron chi connectivity index (χ2n) is 7.79. The summed E-state index contributed by atoms with van der Waals surface area (Å²) in [6, 6.07) is 0. The van der Waals surface area contributed by atoms with Crippen molar-refractivity contribution in [2.75, 3.05) is 7.11 Å². The molecular formula is C23H34F2O. The lowest BCUT2D eigenvalue weighted by Crippen LogP contribution is -2.15. The van der Waals surface area contributed by atoms with Crippen molar-refractivity contribution in [3.8, 4) is 0 Å². The minimum atomic E-state index is -0.582. The Hall–Kier alpha value is -1.38. The average Bonchev–Trinajstić information content (AvgIpc) is 2.67. The van der Waals surface area contributed by atoms with E-state index in [0.29, 0.717) is 11.5 Å². The predicted octanol–water partition coefficient (Wildman–Crippen LogP) is 7.58. The molecule has 26 heavy (non-hydrogen) atoms. The van der Waals surface area contributed by atoms with Gasteiger partial charge in [-0.25, -0.2) is 8.78 Å². The zero-order chi connectivity index (χ0) is 18.9. The van der Waals surface area contributed by atoms with Gasteiger partial charge in [0.05, 0.1) is 13.4 Å². The van der Waals surface area contributed by atoms with Crippen LogP contribution in [0, 0.1) is 17.8 Å². The number of rotatable bonds is 7. The van der Waals surface area contributed by atoms with Gasteiger partial charge in [0.15, 0.2) is 5.83 Å². The molecule has 0 heterocycles. The Labute approximate surface area is 157 Å². The fourth-order valence-electron chi connectivity index (χ4n) is 4.37. The number of ether oxygens (including phenoxy) is 1. The second kappa shape index (κ2) is 10.7. The Morgan fingerprint density at radius 3 is 2.31 bits per heavy atom. The maximum absolute atomic E-state index is 15.0. The van der Waals surface area contributed by atoms with Crippen LogP contribution in [0.15, 0.2) is 47.8 Å². The van der Waals surface area contributed by atoms with Crippen molar-refractivity contribution in [1.82, 2.24) is 0 Å². The van der Waals surface area contributed by atoms with Gasteiger partial charge in [-0.2, -0.15) is 0 Å². The molecule has 0 atom stereocenters. The van der Waals surface area contributed by atoms with Crippen LogP contribution >= 0.6 is 0 Å². The highest BCUT2D eigenvalue weighted by molar-refractivity contribution is 5.31. The normalized spacial score (nSPS) is 28.4. The number of hydrogen-bond acceptors (Lipinski definition) is 1. The van der Waals surface area contributed by atoms with Gasteiger partial charge in [-0.15, -0.1) is 6.58 Å². The van der Waals surface area contributed by atoms with Gasteiger partial charge in [0.25, 0.3) is 0 Å². The van der Waals surface area contributed by atoms with Crippen LogP contribution in [0.25, 0.3) is 0 Å². The van der Waals surface area contributed by atoms with Gasteiger partial charge in [-0.3, -0.25) is 0 Å². The predicted molar refractivity (Wildman–Crippen MR) is 105 cm³/mol. The molecule has 0 aromatic heterocycles. The standard InChI is InChI=1S/C23H34F2O/c1-4-6-21(20-13-11-19(12-14-20)16-26-3)23(25)22(24)15-18-9-7-17(5-2)8-10-18/h5-6,16-18,20H,2,4,7-15H2,1,3H3/b19-16?,21-6-,23-22-. The molecule has 3 heteroatoms. The topological polar surface area (TPSA) is 9.23 Å². The Kier molecular flexibility index (Phi) is 8.61. The molecule has 0 radical (unpaired) electrons. The first-order valence-electron chi connectivity index (χ1n) is 10.2. The van der Waals surface area contributed by atoms with E-state index in [9.17, 15) is 8.78 Å². The summed E-state index contributed by atoms with van der Waals surface area (Å²) in [5, 5.41) is 0. The maximum Gasteiger partial charge on any atom is 0.157 e. The van der Waals surface area contributed by atoms with Gasteiger partial charge in [-0.1, -0.05) is 19.1 Å². The van der Waals surface area contributed by atoms with Gasteiger partial charge in [0.2, 0.25) is 0 Å². The zero-order valence-corrected chi connectivity index (χ0v) is 16.4. The highest BCUT2D eigenvalue weighted by Crippen LogP contribution is 2.40. The van der Waals surface area contributed by atoms with Crippen LogP contribution in [0.1, 0.15) is 71.1 Å². The fourth-order valence-corrected chi connectivity index (χ4v) is 4.37. The van der Waals surface area contributed by atoms with Crippen molar-refractivity contribution in [3.05, 3.63) is 47.8 Å². The molecule has 2 fully saturated rings. The molecule has 2 aliphatic rings. The van der Waals surface area contributed by atoms with Gasteiger partial charge in [0.1, 0.15) is 5.83 Å². The number of methoxy groups -OCH3 is 1. The van der Waals surface area contributed by atoms with E-state index in [0.717, 1.165) is 57.8 Å². The SMILES string of the molecule is C=CC1CCC(C/C(F)=C(F)\C(=C/CC)C2CCC(=COC)CC2)CC1. The zero-order valence-electron chi connectivity index (χ0n) is 16.4.